The molecule has 0 aromatic rings. The normalized spacial score (nSPS) is 22.3. The fraction of sp³-hybridized carbons (Fsp3) is 0.625. The quantitative estimate of drug-likeness (QED) is 0.800. The van der Waals surface area contributed by atoms with E-state index in [1.54, 1.807) is 20.8 Å². The van der Waals surface area contributed by atoms with Crippen LogP contribution in [0.3, 0.4) is 0 Å². The number of rotatable bonds is 4. The Morgan fingerprint density at radius 3 is 2.64 bits per heavy atom. The Labute approximate surface area is 129 Å². The summed E-state index contributed by atoms with van der Waals surface area (Å²) in [6, 6.07) is 0. The number of methoxy groups -OCH3 is 1. The Bertz CT molecular complexity index is 555. The summed E-state index contributed by atoms with van der Waals surface area (Å²) in [5.74, 6) is -1.47. The van der Waals surface area contributed by atoms with Gasteiger partial charge in [0.25, 0.3) is 0 Å². The summed E-state index contributed by atoms with van der Waals surface area (Å²) < 4.78 is 15.4. The van der Waals surface area contributed by atoms with Gasteiger partial charge in [0.1, 0.15) is 5.76 Å². The van der Waals surface area contributed by atoms with Gasteiger partial charge >= 0.3 is 11.9 Å². The second-order valence-electron chi connectivity index (χ2n) is 5.99. The SMILES string of the molecule is COC(=O)C1=C(C(O)CC2=C(C)OC(C)(C)OC2=O)CCC1. The number of hydrogen-bond acceptors (Lipinski definition) is 6. The number of allylic oxidation sites excluding steroid dienone is 1. The molecule has 0 aromatic carbocycles. The Morgan fingerprint density at radius 2 is 2.05 bits per heavy atom. The number of ether oxygens (including phenoxy) is 3. The van der Waals surface area contributed by atoms with Crippen LogP contribution in [0.5, 0.6) is 0 Å². The van der Waals surface area contributed by atoms with Gasteiger partial charge in [0.2, 0.25) is 5.79 Å². The average Bonchev–Trinajstić information content (AvgIpc) is 2.90. The first-order valence-corrected chi connectivity index (χ1v) is 7.35. The van der Waals surface area contributed by atoms with Crippen molar-refractivity contribution in [1.82, 2.24) is 0 Å². The average molecular weight is 310 g/mol. The van der Waals surface area contributed by atoms with Crippen LogP contribution in [0.25, 0.3) is 0 Å². The monoisotopic (exact) mass is 310 g/mol. The zero-order valence-electron chi connectivity index (χ0n) is 13.4. The van der Waals surface area contributed by atoms with Crippen LogP contribution >= 0.6 is 0 Å². The molecule has 6 nitrogen and oxygen atoms in total. The Hall–Kier alpha value is -1.82. The summed E-state index contributed by atoms with van der Waals surface area (Å²) in [6.45, 7) is 4.97. The van der Waals surface area contributed by atoms with E-state index in [4.69, 9.17) is 14.2 Å². The minimum atomic E-state index is -1.00. The first kappa shape index (κ1) is 16.5. The lowest BCUT2D eigenvalue weighted by Crippen LogP contribution is -2.37. The highest BCUT2D eigenvalue weighted by Crippen LogP contribution is 2.34. The van der Waals surface area contributed by atoms with Crippen LogP contribution < -0.4 is 0 Å². The van der Waals surface area contributed by atoms with Gasteiger partial charge < -0.3 is 19.3 Å². The van der Waals surface area contributed by atoms with Gasteiger partial charge in [0.15, 0.2) is 0 Å². The topological polar surface area (TPSA) is 82.1 Å². The van der Waals surface area contributed by atoms with Crippen LogP contribution in [-0.4, -0.2) is 36.0 Å². The number of aliphatic hydroxyl groups is 1. The molecule has 1 N–H and O–H groups in total. The maximum Gasteiger partial charge on any atom is 0.340 e. The highest BCUT2D eigenvalue weighted by atomic mass is 16.7. The lowest BCUT2D eigenvalue weighted by atomic mass is 9.97. The van der Waals surface area contributed by atoms with Gasteiger partial charge in [0.05, 0.1) is 18.8 Å². The van der Waals surface area contributed by atoms with Crippen molar-refractivity contribution in [1.29, 1.82) is 0 Å². The van der Waals surface area contributed by atoms with Crippen LogP contribution in [0, 0.1) is 0 Å². The standard InChI is InChI=1S/C16H22O6/c1-9-12(15(19)22-16(2,3)21-9)8-13(17)10-6-5-7-11(10)14(18)20-4/h13,17H,5-8H2,1-4H3. The first-order valence-electron chi connectivity index (χ1n) is 7.35. The summed E-state index contributed by atoms with van der Waals surface area (Å²) in [6.07, 6.45) is 1.16. The molecule has 2 rings (SSSR count). The van der Waals surface area contributed by atoms with Crippen molar-refractivity contribution in [2.24, 2.45) is 0 Å². The van der Waals surface area contributed by atoms with E-state index in [-0.39, 0.29) is 6.42 Å². The molecule has 0 bridgehead atoms. The van der Waals surface area contributed by atoms with Gasteiger partial charge in [-0.15, -0.1) is 0 Å². The molecular formula is C16H22O6. The molecule has 2 aliphatic rings. The molecule has 122 valence electrons. The molecule has 1 aliphatic heterocycles. The van der Waals surface area contributed by atoms with Crippen molar-refractivity contribution in [3.8, 4) is 0 Å². The van der Waals surface area contributed by atoms with E-state index in [0.717, 1.165) is 6.42 Å². The van der Waals surface area contributed by atoms with E-state index in [2.05, 4.69) is 0 Å². The molecule has 0 amide bonds. The van der Waals surface area contributed by atoms with Crippen LogP contribution in [-0.2, 0) is 23.8 Å². The van der Waals surface area contributed by atoms with Crippen molar-refractivity contribution in [2.75, 3.05) is 7.11 Å². The number of carbonyl (C=O) groups excluding carboxylic acids is 2. The summed E-state index contributed by atoms with van der Waals surface area (Å²) in [4.78, 5) is 23.8. The first-order chi connectivity index (χ1) is 10.2. The summed E-state index contributed by atoms with van der Waals surface area (Å²) in [5, 5.41) is 10.4. The van der Waals surface area contributed by atoms with Gasteiger partial charge in [0, 0.05) is 25.8 Å². The smallest absolute Gasteiger partial charge is 0.340 e. The lowest BCUT2D eigenvalue weighted by Gasteiger charge is -2.33. The van der Waals surface area contributed by atoms with E-state index < -0.39 is 23.8 Å². The van der Waals surface area contributed by atoms with Crippen molar-refractivity contribution in [2.45, 2.75) is 58.3 Å². The summed E-state index contributed by atoms with van der Waals surface area (Å²) in [7, 11) is 1.32. The van der Waals surface area contributed by atoms with Crippen molar-refractivity contribution < 1.29 is 28.9 Å². The number of esters is 2. The second-order valence-corrected chi connectivity index (χ2v) is 5.99. The predicted molar refractivity (Wildman–Crippen MR) is 77.5 cm³/mol. The van der Waals surface area contributed by atoms with Crippen LogP contribution in [0.4, 0.5) is 0 Å². The highest BCUT2D eigenvalue weighted by Gasteiger charge is 2.36. The Kier molecular flexibility index (Phi) is 4.60. The summed E-state index contributed by atoms with van der Waals surface area (Å²) in [5.41, 5.74) is 1.46. The third-order valence-electron chi connectivity index (χ3n) is 3.90. The van der Waals surface area contributed by atoms with Crippen molar-refractivity contribution >= 4 is 11.9 Å². The van der Waals surface area contributed by atoms with E-state index >= 15 is 0 Å². The molecule has 22 heavy (non-hydrogen) atoms. The fourth-order valence-electron chi connectivity index (χ4n) is 2.91. The van der Waals surface area contributed by atoms with Crippen LogP contribution in [0.15, 0.2) is 22.5 Å². The van der Waals surface area contributed by atoms with Crippen molar-refractivity contribution in [3.63, 3.8) is 0 Å². The molecule has 1 aliphatic carbocycles. The molecule has 0 aromatic heterocycles. The third kappa shape index (κ3) is 3.32. The van der Waals surface area contributed by atoms with E-state index in [0.29, 0.717) is 35.3 Å². The molecular weight excluding hydrogens is 288 g/mol. The van der Waals surface area contributed by atoms with Gasteiger partial charge in [-0.1, -0.05) is 0 Å². The predicted octanol–water partition coefficient (Wildman–Crippen LogP) is 1.97. The van der Waals surface area contributed by atoms with Gasteiger partial charge in [-0.25, -0.2) is 9.59 Å². The minimum Gasteiger partial charge on any atom is -0.466 e. The summed E-state index contributed by atoms with van der Waals surface area (Å²) >= 11 is 0. The maximum atomic E-state index is 12.1. The molecule has 0 fully saturated rings. The van der Waals surface area contributed by atoms with E-state index in [1.807, 2.05) is 0 Å². The molecule has 1 heterocycles. The molecule has 0 saturated carbocycles. The maximum absolute atomic E-state index is 12.1. The Morgan fingerprint density at radius 1 is 1.36 bits per heavy atom. The molecule has 0 spiro atoms. The van der Waals surface area contributed by atoms with Crippen molar-refractivity contribution in [3.05, 3.63) is 22.5 Å². The number of hydrogen-bond donors (Lipinski definition) is 1. The highest BCUT2D eigenvalue weighted by molar-refractivity contribution is 5.91. The largest absolute Gasteiger partial charge is 0.466 e. The van der Waals surface area contributed by atoms with Crippen LogP contribution in [0.2, 0.25) is 0 Å². The lowest BCUT2D eigenvalue weighted by molar-refractivity contribution is -0.207. The van der Waals surface area contributed by atoms with E-state index in [1.165, 1.54) is 7.11 Å². The molecule has 1 unspecified atom stereocenters. The van der Waals surface area contributed by atoms with Gasteiger partial charge in [-0.3, -0.25) is 0 Å². The fourth-order valence-corrected chi connectivity index (χ4v) is 2.91. The van der Waals surface area contributed by atoms with Gasteiger partial charge in [-0.05, 0) is 31.8 Å². The van der Waals surface area contributed by atoms with E-state index in [9.17, 15) is 14.7 Å². The number of carbonyl (C=O) groups is 2. The molecule has 0 radical (unpaired) electrons. The molecule has 6 heteroatoms. The second kappa shape index (κ2) is 6.12. The number of aliphatic hydroxyl groups excluding tert-OH is 1. The number of cyclic esters (lactones) is 1. The molecule has 1 atom stereocenters. The zero-order chi connectivity index (χ0) is 16.5. The Balaban J connectivity index is 2.20. The van der Waals surface area contributed by atoms with Crippen LogP contribution in [0.1, 0.15) is 46.5 Å². The minimum absolute atomic E-state index is 0.0660. The van der Waals surface area contributed by atoms with Gasteiger partial charge in [-0.2, -0.15) is 0 Å². The molecule has 0 saturated heterocycles. The zero-order valence-corrected chi connectivity index (χ0v) is 13.4. The third-order valence-corrected chi connectivity index (χ3v) is 3.90.